The summed E-state index contributed by atoms with van der Waals surface area (Å²) in [5.41, 5.74) is 5.09. The van der Waals surface area contributed by atoms with Crippen LogP contribution in [0.4, 0.5) is 29.3 Å². The molecular weight excluding hydrogens is 335 g/mol. The maximum Gasteiger partial charge on any atom is 0.416 e. The van der Waals surface area contributed by atoms with Crippen LogP contribution in [-0.4, -0.2) is 30.8 Å². The number of nitrogen functional groups attached to an aromatic ring is 1. The highest BCUT2D eigenvalue weighted by atomic mass is 19.4. The number of halogens is 3. The molecule has 1 aliphatic rings. The molecule has 1 fully saturated rings. The molecule has 5 nitrogen and oxygen atoms in total. The number of nitrogens with two attached hydrogens (primary N) is 1. The zero-order chi connectivity index (χ0) is 18.8. The largest absolute Gasteiger partial charge is 0.444 e. The molecule has 1 atom stereocenters. The van der Waals surface area contributed by atoms with Crippen LogP contribution in [0.1, 0.15) is 39.2 Å². The fraction of sp³-hybridized carbons (Fsp3) is 0.588. The van der Waals surface area contributed by atoms with Crippen molar-refractivity contribution in [3.05, 3.63) is 23.8 Å². The highest BCUT2D eigenvalue weighted by Gasteiger charge is 2.32. The number of hydrogen-bond acceptors (Lipinski definition) is 4. The molecule has 1 aromatic rings. The average molecular weight is 359 g/mol. The van der Waals surface area contributed by atoms with E-state index in [0.717, 1.165) is 25.0 Å². The quantitative estimate of drug-likeness (QED) is 0.789. The van der Waals surface area contributed by atoms with Gasteiger partial charge in [-0.05, 0) is 51.8 Å². The van der Waals surface area contributed by atoms with Gasteiger partial charge >= 0.3 is 12.3 Å². The molecule has 2 rings (SSSR count). The van der Waals surface area contributed by atoms with Gasteiger partial charge in [0, 0.05) is 19.1 Å². The minimum Gasteiger partial charge on any atom is -0.444 e. The van der Waals surface area contributed by atoms with E-state index in [1.54, 1.807) is 20.8 Å². The van der Waals surface area contributed by atoms with Crippen molar-refractivity contribution in [1.29, 1.82) is 0 Å². The van der Waals surface area contributed by atoms with E-state index in [1.165, 1.54) is 6.07 Å². The van der Waals surface area contributed by atoms with Crippen LogP contribution in [0.5, 0.6) is 0 Å². The molecule has 1 aliphatic heterocycles. The number of rotatable bonds is 2. The van der Waals surface area contributed by atoms with Crippen molar-refractivity contribution in [3.8, 4) is 0 Å². The van der Waals surface area contributed by atoms with Gasteiger partial charge in [-0.1, -0.05) is 0 Å². The van der Waals surface area contributed by atoms with Crippen LogP contribution in [0, 0.1) is 0 Å². The smallest absolute Gasteiger partial charge is 0.416 e. The third-order valence-electron chi connectivity index (χ3n) is 3.84. The minimum atomic E-state index is -4.42. The van der Waals surface area contributed by atoms with Crippen molar-refractivity contribution < 1.29 is 22.7 Å². The van der Waals surface area contributed by atoms with Crippen molar-refractivity contribution in [2.24, 2.45) is 0 Å². The second-order valence-corrected chi connectivity index (χ2v) is 7.20. The monoisotopic (exact) mass is 359 g/mol. The first-order valence-corrected chi connectivity index (χ1v) is 8.17. The lowest BCUT2D eigenvalue weighted by molar-refractivity contribution is -0.137. The van der Waals surface area contributed by atoms with Gasteiger partial charge in [-0.3, -0.25) is 0 Å². The SMILES string of the molecule is CC(C)(C)OC(=O)N[C@@H]1CCCN(c2ccc(C(F)(F)F)cc2N)C1. The Kier molecular flexibility index (Phi) is 5.39. The van der Waals surface area contributed by atoms with E-state index in [1.807, 2.05) is 4.90 Å². The Hall–Kier alpha value is -2.12. The van der Waals surface area contributed by atoms with Crippen LogP contribution in [0.15, 0.2) is 18.2 Å². The Balaban J connectivity index is 2.05. The fourth-order valence-electron chi connectivity index (χ4n) is 2.81. The van der Waals surface area contributed by atoms with Crippen LogP contribution in [0.25, 0.3) is 0 Å². The number of nitrogens with one attached hydrogen (secondary N) is 1. The maximum atomic E-state index is 12.8. The number of hydrogen-bond donors (Lipinski definition) is 2. The van der Waals surface area contributed by atoms with E-state index in [9.17, 15) is 18.0 Å². The molecule has 0 bridgehead atoms. The molecule has 0 spiro atoms. The van der Waals surface area contributed by atoms with E-state index in [-0.39, 0.29) is 11.7 Å². The topological polar surface area (TPSA) is 67.6 Å². The summed E-state index contributed by atoms with van der Waals surface area (Å²) in [5, 5.41) is 2.81. The summed E-state index contributed by atoms with van der Waals surface area (Å²) in [4.78, 5) is 13.8. The molecule has 0 aromatic heterocycles. The minimum absolute atomic E-state index is 0.0766. The summed E-state index contributed by atoms with van der Waals surface area (Å²) in [7, 11) is 0. The van der Waals surface area contributed by atoms with Gasteiger partial charge < -0.3 is 20.7 Å². The van der Waals surface area contributed by atoms with Crippen LogP contribution >= 0.6 is 0 Å². The lowest BCUT2D eigenvalue weighted by Gasteiger charge is -2.35. The standard InChI is InChI=1S/C17H24F3N3O2/c1-16(2,3)25-15(24)22-12-5-4-8-23(10-12)14-7-6-11(9-13(14)21)17(18,19)20/h6-7,9,12H,4-5,8,10,21H2,1-3H3,(H,22,24)/t12-/m1/s1. The first-order chi connectivity index (χ1) is 11.5. The molecule has 140 valence electrons. The maximum absolute atomic E-state index is 12.8. The average Bonchev–Trinajstić information content (AvgIpc) is 2.44. The number of ether oxygens (including phenoxy) is 1. The lowest BCUT2D eigenvalue weighted by Crippen LogP contribution is -2.49. The molecule has 8 heteroatoms. The predicted molar refractivity (Wildman–Crippen MR) is 90.5 cm³/mol. The molecule has 0 aliphatic carbocycles. The number of piperidine rings is 1. The molecule has 1 amide bonds. The van der Waals surface area contributed by atoms with Crippen molar-refractivity contribution in [2.75, 3.05) is 23.7 Å². The number of alkyl halides is 3. The molecule has 0 unspecified atom stereocenters. The van der Waals surface area contributed by atoms with Gasteiger partial charge in [0.1, 0.15) is 5.60 Å². The highest BCUT2D eigenvalue weighted by molar-refractivity contribution is 5.70. The second kappa shape index (κ2) is 7.01. The van der Waals surface area contributed by atoms with Gasteiger partial charge in [0.2, 0.25) is 0 Å². The van der Waals surface area contributed by atoms with Crippen molar-refractivity contribution in [3.63, 3.8) is 0 Å². The zero-order valence-corrected chi connectivity index (χ0v) is 14.6. The van der Waals surface area contributed by atoms with Crippen LogP contribution in [0.2, 0.25) is 0 Å². The Morgan fingerprint density at radius 3 is 2.56 bits per heavy atom. The third kappa shape index (κ3) is 5.44. The van der Waals surface area contributed by atoms with E-state index < -0.39 is 23.4 Å². The summed E-state index contributed by atoms with van der Waals surface area (Å²) in [6, 6.07) is 3.20. The first-order valence-electron chi connectivity index (χ1n) is 8.17. The van der Waals surface area contributed by atoms with Gasteiger partial charge in [0.15, 0.2) is 0 Å². The Morgan fingerprint density at radius 1 is 1.32 bits per heavy atom. The number of carbonyl (C=O) groups is 1. The number of nitrogens with zero attached hydrogens (tertiary/aromatic N) is 1. The molecule has 25 heavy (non-hydrogen) atoms. The third-order valence-corrected chi connectivity index (χ3v) is 3.84. The number of amides is 1. The van der Waals surface area contributed by atoms with Crippen molar-refractivity contribution >= 4 is 17.5 Å². The van der Waals surface area contributed by atoms with Crippen LogP contribution in [0.3, 0.4) is 0 Å². The van der Waals surface area contributed by atoms with Crippen LogP contribution in [-0.2, 0) is 10.9 Å². The van der Waals surface area contributed by atoms with Gasteiger partial charge in [-0.25, -0.2) is 4.79 Å². The van der Waals surface area contributed by atoms with Gasteiger partial charge in [-0.2, -0.15) is 13.2 Å². The molecule has 3 N–H and O–H groups in total. The van der Waals surface area contributed by atoms with Gasteiger partial charge in [0.25, 0.3) is 0 Å². The summed E-state index contributed by atoms with van der Waals surface area (Å²) < 4.78 is 43.5. The summed E-state index contributed by atoms with van der Waals surface area (Å²) >= 11 is 0. The highest BCUT2D eigenvalue weighted by Crippen LogP contribution is 2.34. The van der Waals surface area contributed by atoms with Crippen molar-refractivity contribution in [1.82, 2.24) is 5.32 Å². The summed E-state index contributed by atoms with van der Waals surface area (Å²) in [5.74, 6) is 0. The summed E-state index contributed by atoms with van der Waals surface area (Å²) in [6.07, 6.45) is -3.35. The Morgan fingerprint density at radius 2 is 2.00 bits per heavy atom. The Labute approximate surface area is 145 Å². The number of benzene rings is 1. The normalized spacial score (nSPS) is 18.8. The molecule has 1 saturated heterocycles. The van der Waals surface area contributed by atoms with E-state index in [2.05, 4.69) is 5.32 Å². The molecule has 0 saturated carbocycles. The fourth-order valence-corrected chi connectivity index (χ4v) is 2.81. The summed E-state index contributed by atoms with van der Waals surface area (Å²) in [6.45, 7) is 6.48. The van der Waals surface area contributed by atoms with Crippen LogP contribution < -0.4 is 16.0 Å². The second-order valence-electron chi connectivity index (χ2n) is 7.20. The molecule has 1 aromatic carbocycles. The number of anilines is 2. The number of carbonyl (C=O) groups excluding carboxylic acids is 1. The lowest BCUT2D eigenvalue weighted by atomic mass is 10.0. The number of alkyl carbamates (subject to hydrolysis) is 1. The molecular formula is C17H24F3N3O2. The first kappa shape index (κ1) is 19.2. The zero-order valence-electron chi connectivity index (χ0n) is 14.6. The van der Waals surface area contributed by atoms with Crippen molar-refractivity contribution in [2.45, 2.75) is 51.4 Å². The molecule has 1 heterocycles. The van der Waals surface area contributed by atoms with Gasteiger partial charge in [0.05, 0.1) is 16.9 Å². The predicted octanol–water partition coefficient (Wildman–Crippen LogP) is 3.78. The van der Waals surface area contributed by atoms with E-state index >= 15 is 0 Å². The van der Waals surface area contributed by atoms with Gasteiger partial charge in [-0.15, -0.1) is 0 Å². The van der Waals surface area contributed by atoms with E-state index in [4.69, 9.17) is 10.5 Å². The Bertz CT molecular complexity index is 627. The van der Waals surface area contributed by atoms with E-state index in [0.29, 0.717) is 18.8 Å². The molecule has 0 radical (unpaired) electrons.